The van der Waals surface area contributed by atoms with Crippen LogP contribution >= 0.6 is 11.3 Å². The highest BCUT2D eigenvalue weighted by molar-refractivity contribution is 7.14. The Morgan fingerprint density at radius 3 is 2.92 bits per heavy atom. The van der Waals surface area contributed by atoms with E-state index in [0.29, 0.717) is 23.8 Å². The normalized spacial score (nSPS) is 16.2. The number of nitrogens with one attached hydrogen (secondary N) is 1. The molecule has 2 rings (SSSR count). The standard InChI is InChI=1S/C17H23NO5S/c1-11-5-6-13-12(8-11)9-14(24-13)17(21)23-10-15(19)18-7-3-4-16(20)22-2/h9,11H,3-8,10H2,1-2H3,(H,18,19)/t11-/m0/s1. The van der Waals surface area contributed by atoms with E-state index < -0.39 is 5.97 Å². The molecule has 1 atom stereocenters. The average molecular weight is 353 g/mol. The lowest BCUT2D eigenvalue weighted by molar-refractivity contribution is -0.140. The predicted molar refractivity (Wildman–Crippen MR) is 90.1 cm³/mol. The van der Waals surface area contributed by atoms with Gasteiger partial charge in [0.2, 0.25) is 0 Å². The van der Waals surface area contributed by atoms with Crippen molar-refractivity contribution < 1.29 is 23.9 Å². The van der Waals surface area contributed by atoms with Crippen LogP contribution in [0.1, 0.15) is 46.3 Å². The van der Waals surface area contributed by atoms with Gasteiger partial charge in [0, 0.05) is 17.8 Å². The molecule has 7 heteroatoms. The van der Waals surface area contributed by atoms with E-state index in [-0.39, 0.29) is 24.9 Å². The first kappa shape index (κ1) is 18.4. The molecule has 1 aliphatic carbocycles. The quantitative estimate of drug-likeness (QED) is 0.600. The van der Waals surface area contributed by atoms with Gasteiger partial charge in [0.05, 0.1) is 7.11 Å². The van der Waals surface area contributed by atoms with Gasteiger partial charge < -0.3 is 14.8 Å². The lowest BCUT2D eigenvalue weighted by atomic mass is 9.90. The highest BCUT2D eigenvalue weighted by Gasteiger charge is 2.21. The Bertz CT molecular complexity index is 610. The van der Waals surface area contributed by atoms with Gasteiger partial charge in [0.25, 0.3) is 5.91 Å². The first-order valence-electron chi connectivity index (χ1n) is 8.11. The topological polar surface area (TPSA) is 81.7 Å². The molecule has 0 bridgehead atoms. The SMILES string of the molecule is COC(=O)CCCNC(=O)COC(=O)c1cc2c(s1)CC[C@H](C)C2. The van der Waals surface area contributed by atoms with Gasteiger partial charge in [-0.15, -0.1) is 11.3 Å². The average Bonchev–Trinajstić information content (AvgIpc) is 2.99. The number of hydrogen-bond acceptors (Lipinski definition) is 6. The number of esters is 2. The third-order valence-corrected chi connectivity index (χ3v) is 5.19. The number of amides is 1. The van der Waals surface area contributed by atoms with Crippen LogP contribution in [0.5, 0.6) is 0 Å². The molecule has 6 nitrogen and oxygen atoms in total. The number of methoxy groups -OCH3 is 1. The minimum atomic E-state index is -0.452. The molecule has 24 heavy (non-hydrogen) atoms. The number of carbonyl (C=O) groups excluding carboxylic acids is 3. The maximum absolute atomic E-state index is 12.1. The minimum Gasteiger partial charge on any atom is -0.469 e. The van der Waals surface area contributed by atoms with Crippen molar-refractivity contribution >= 4 is 29.2 Å². The number of ether oxygens (including phenoxy) is 2. The van der Waals surface area contributed by atoms with Crippen LogP contribution < -0.4 is 5.32 Å². The van der Waals surface area contributed by atoms with Crippen molar-refractivity contribution in [3.8, 4) is 0 Å². The van der Waals surface area contributed by atoms with Crippen LogP contribution in [0.25, 0.3) is 0 Å². The summed E-state index contributed by atoms with van der Waals surface area (Å²) in [5.74, 6) is -0.492. The summed E-state index contributed by atoms with van der Waals surface area (Å²) in [6.45, 7) is 2.25. The summed E-state index contributed by atoms with van der Waals surface area (Å²) < 4.78 is 9.57. The number of thiophene rings is 1. The molecule has 1 amide bonds. The molecule has 0 saturated heterocycles. The number of fused-ring (bicyclic) bond motifs is 1. The molecule has 0 unspecified atom stereocenters. The van der Waals surface area contributed by atoms with E-state index in [4.69, 9.17) is 4.74 Å². The molecule has 1 heterocycles. The molecular formula is C17H23NO5S. The summed E-state index contributed by atoms with van der Waals surface area (Å²) in [5, 5.41) is 2.60. The van der Waals surface area contributed by atoms with Crippen LogP contribution in [0.2, 0.25) is 0 Å². The number of aryl methyl sites for hydroxylation is 1. The van der Waals surface area contributed by atoms with E-state index in [1.54, 1.807) is 0 Å². The molecule has 132 valence electrons. The van der Waals surface area contributed by atoms with Crippen molar-refractivity contribution in [2.24, 2.45) is 5.92 Å². The van der Waals surface area contributed by atoms with Crippen LogP contribution in [-0.4, -0.2) is 38.1 Å². The summed E-state index contributed by atoms with van der Waals surface area (Å²) in [5.41, 5.74) is 1.23. The minimum absolute atomic E-state index is 0.246. The Morgan fingerprint density at radius 2 is 2.17 bits per heavy atom. The van der Waals surface area contributed by atoms with Crippen LogP contribution in [0, 0.1) is 5.92 Å². The molecule has 1 aromatic heterocycles. The van der Waals surface area contributed by atoms with Gasteiger partial charge >= 0.3 is 11.9 Å². The van der Waals surface area contributed by atoms with E-state index in [2.05, 4.69) is 17.0 Å². The first-order valence-corrected chi connectivity index (χ1v) is 8.93. The van der Waals surface area contributed by atoms with Crippen LogP contribution in [0.15, 0.2) is 6.07 Å². The van der Waals surface area contributed by atoms with Crippen molar-refractivity contribution in [2.75, 3.05) is 20.3 Å². The van der Waals surface area contributed by atoms with Crippen molar-refractivity contribution in [1.82, 2.24) is 5.32 Å². The number of hydrogen-bond donors (Lipinski definition) is 1. The Kier molecular flexibility index (Phi) is 6.78. The fourth-order valence-corrected chi connectivity index (χ4v) is 3.72. The van der Waals surface area contributed by atoms with E-state index in [1.165, 1.54) is 28.9 Å². The summed E-state index contributed by atoms with van der Waals surface area (Å²) in [6.07, 6.45) is 3.89. The number of rotatable bonds is 7. The number of carbonyl (C=O) groups is 3. The Balaban J connectivity index is 1.71. The van der Waals surface area contributed by atoms with Crippen molar-refractivity contribution in [2.45, 2.75) is 39.0 Å². The van der Waals surface area contributed by atoms with Crippen molar-refractivity contribution in [3.05, 3.63) is 21.4 Å². The third kappa shape index (κ3) is 5.33. The maximum atomic E-state index is 12.1. The van der Waals surface area contributed by atoms with Gasteiger partial charge in [0.1, 0.15) is 4.88 Å². The second-order valence-electron chi connectivity index (χ2n) is 6.01. The summed E-state index contributed by atoms with van der Waals surface area (Å²) in [7, 11) is 1.32. The Labute approximate surface area is 145 Å². The molecule has 1 aliphatic rings. The van der Waals surface area contributed by atoms with Gasteiger partial charge in [-0.2, -0.15) is 0 Å². The molecule has 0 aliphatic heterocycles. The molecule has 0 spiro atoms. The second-order valence-corrected chi connectivity index (χ2v) is 7.15. The lowest BCUT2D eigenvalue weighted by Gasteiger charge is -2.16. The molecule has 1 N–H and O–H groups in total. The van der Waals surface area contributed by atoms with Gasteiger partial charge in [0.15, 0.2) is 6.61 Å². The zero-order valence-corrected chi connectivity index (χ0v) is 14.9. The van der Waals surface area contributed by atoms with E-state index in [9.17, 15) is 14.4 Å². The van der Waals surface area contributed by atoms with Crippen LogP contribution in [0.4, 0.5) is 0 Å². The zero-order valence-electron chi connectivity index (χ0n) is 14.1. The fraction of sp³-hybridized carbons (Fsp3) is 0.588. The second kappa shape index (κ2) is 8.82. The third-order valence-electron chi connectivity index (χ3n) is 3.97. The smallest absolute Gasteiger partial charge is 0.348 e. The van der Waals surface area contributed by atoms with Crippen molar-refractivity contribution in [3.63, 3.8) is 0 Å². The van der Waals surface area contributed by atoms with Gasteiger partial charge in [-0.05, 0) is 43.2 Å². The van der Waals surface area contributed by atoms with Crippen LogP contribution in [0.3, 0.4) is 0 Å². The van der Waals surface area contributed by atoms with E-state index >= 15 is 0 Å². The zero-order chi connectivity index (χ0) is 17.5. The van der Waals surface area contributed by atoms with Gasteiger partial charge in [-0.1, -0.05) is 6.92 Å². The Morgan fingerprint density at radius 1 is 1.38 bits per heavy atom. The molecule has 0 radical (unpaired) electrons. The van der Waals surface area contributed by atoms with Gasteiger partial charge in [-0.25, -0.2) is 4.79 Å². The highest BCUT2D eigenvalue weighted by atomic mass is 32.1. The van der Waals surface area contributed by atoms with Crippen LogP contribution in [-0.2, 0) is 31.9 Å². The van der Waals surface area contributed by atoms with E-state index in [0.717, 1.165) is 19.3 Å². The Hall–Kier alpha value is -1.89. The predicted octanol–water partition coefficient (Wildman–Crippen LogP) is 2.10. The molecule has 0 aromatic carbocycles. The molecular weight excluding hydrogens is 330 g/mol. The molecule has 1 aromatic rings. The molecule has 0 saturated carbocycles. The summed E-state index contributed by atoms with van der Waals surface area (Å²) in [6, 6.07) is 1.90. The molecule has 0 fully saturated rings. The fourth-order valence-electron chi connectivity index (χ4n) is 2.62. The summed E-state index contributed by atoms with van der Waals surface area (Å²) >= 11 is 1.47. The maximum Gasteiger partial charge on any atom is 0.348 e. The lowest BCUT2D eigenvalue weighted by Crippen LogP contribution is -2.29. The van der Waals surface area contributed by atoms with E-state index in [1.807, 2.05) is 6.07 Å². The van der Waals surface area contributed by atoms with Crippen molar-refractivity contribution in [1.29, 1.82) is 0 Å². The van der Waals surface area contributed by atoms with Gasteiger partial charge in [-0.3, -0.25) is 9.59 Å². The highest BCUT2D eigenvalue weighted by Crippen LogP contribution is 2.32. The summed E-state index contributed by atoms with van der Waals surface area (Å²) in [4.78, 5) is 36.4. The first-order chi connectivity index (χ1) is 11.5. The largest absolute Gasteiger partial charge is 0.469 e. The monoisotopic (exact) mass is 353 g/mol.